The van der Waals surface area contributed by atoms with Crippen molar-refractivity contribution in [1.82, 2.24) is 4.90 Å². The van der Waals surface area contributed by atoms with Crippen LogP contribution in [0.3, 0.4) is 0 Å². The van der Waals surface area contributed by atoms with Crippen LogP contribution in [-0.4, -0.2) is 36.4 Å². The molecule has 3 rings (SSSR count). The van der Waals surface area contributed by atoms with Crippen molar-refractivity contribution in [1.29, 1.82) is 0 Å². The maximum atomic E-state index is 13.8. The van der Waals surface area contributed by atoms with Crippen molar-refractivity contribution in [2.24, 2.45) is 0 Å². The maximum Gasteiger partial charge on any atom is 0.254 e. The number of hydrogen-bond donors (Lipinski definition) is 1. The van der Waals surface area contributed by atoms with Crippen LogP contribution in [-0.2, 0) is 4.79 Å². The molecular weight excluding hydrogens is 394 g/mol. The van der Waals surface area contributed by atoms with E-state index in [2.05, 4.69) is 5.32 Å². The summed E-state index contributed by atoms with van der Waals surface area (Å²) in [6, 6.07) is 8.05. The van der Waals surface area contributed by atoms with E-state index in [0.29, 0.717) is 40.7 Å². The van der Waals surface area contributed by atoms with Gasteiger partial charge in [0.15, 0.2) is 11.6 Å². The molecule has 27 heavy (non-hydrogen) atoms. The number of rotatable bonds is 4. The summed E-state index contributed by atoms with van der Waals surface area (Å²) in [4.78, 5) is 26.9. The van der Waals surface area contributed by atoms with Gasteiger partial charge in [0.1, 0.15) is 6.04 Å². The Hall–Kier alpha value is -2.31. The number of likely N-dealkylation sites (tertiary alicyclic amines) is 1. The Morgan fingerprint density at radius 2 is 1.89 bits per heavy atom. The fourth-order valence-electron chi connectivity index (χ4n) is 3.10. The molecule has 1 N–H and O–H groups in total. The predicted octanol–water partition coefficient (Wildman–Crippen LogP) is 4.38. The number of amides is 2. The van der Waals surface area contributed by atoms with E-state index in [4.69, 9.17) is 27.9 Å². The van der Waals surface area contributed by atoms with Crippen LogP contribution in [0.4, 0.5) is 10.1 Å². The molecule has 2 amide bonds. The molecule has 5 nitrogen and oxygen atoms in total. The van der Waals surface area contributed by atoms with Crippen LogP contribution in [0.25, 0.3) is 0 Å². The first kappa shape index (κ1) is 19.5. The number of benzene rings is 2. The Kier molecular flexibility index (Phi) is 5.87. The molecule has 1 atom stereocenters. The van der Waals surface area contributed by atoms with Crippen molar-refractivity contribution in [3.05, 3.63) is 57.8 Å². The molecule has 0 aromatic heterocycles. The predicted molar refractivity (Wildman–Crippen MR) is 102 cm³/mol. The van der Waals surface area contributed by atoms with Gasteiger partial charge in [0, 0.05) is 33.9 Å². The molecule has 1 saturated heterocycles. The number of halogens is 3. The standard InChI is InChI=1S/C19H17Cl2FN2O3/c1-27-17-5-4-14(10-15(17)22)23-18(25)16-3-2-6-24(16)19(26)11-7-12(20)9-13(21)8-11/h4-5,7-10,16H,2-3,6H2,1H3,(H,23,25). The van der Waals surface area contributed by atoms with E-state index in [0.717, 1.165) is 0 Å². The second-order valence-electron chi connectivity index (χ2n) is 6.15. The molecule has 0 radical (unpaired) electrons. The molecule has 2 aromatic carbocycles. The normalized spacial score (nSPS) is 16.3. The highest BCUT2D eigenvalue weighted by molar-refractivity contribution is 6.35. The van der Waals surface area contributed by atoms with Crippen molar-refractivity contribution < 1.29 is 18.7 Å². The summed E-state index contributed by atoms with van der Waals surface area (Å²) in [5.41, 5.74) is 0.617. The summed E-state index contributed by atoms with van der Waals surface area (Å²) in [5, 5.41) is 3.35. The van der Waals surface area contributed by atoms with Gasteiger partial charge in [-0.05, 0) is 43.2 Å². The highest BCUT2D eigenvalue weighted by atomic mass is 35.5. The quantitative estimate of drug-likeness (QED) is 0.812. The van der Waals surface area contributed by atoms with E-state index < -0.39 is 11.9 Å². The van der Waals surface area contributed by atoms with Crippen molar-refractivity contribution in [3.8, 4) is 5.75 Å². The van der Waals surface area contributed by atoms with E-state index in [9.17, 15) is 14.0 Å². The van der Waals surface area contributed by atoms with Crippen LogP contribution in [0.15, 0.2) is 36.4 Å². The van der Waals surface area contributed by atoms with Crippen LogP contribution >= 0.6 is 23.2 Å². The van der Waals surface area contributed by atoms with Gasteiger partial charge < -0.3 is 15.0 Å². The number of anilines is 1. The first-order valence-electron chi connectivity index (χ1n) is 8.30. The van der Waals surface area contributed by atoms with Gasteiger partial charge in [-0.3, -0.25) is 9.59 Å². The highest BCUT2D eigenvalue weighted by Gasteiger charge is 2.34. The first-order chi connectivity index (χ1) is 12.9. The topological polar surface area (TPSA) is 58.6 Å². The molecule has 1 aliphatic heterocycles. The molecule has 1 unspecified atom stereocenters. The minimum absolute atomic E-state index is 0.0866. The lowest BCUT2D eigenvalue weighted by Crippen LogP contribution is -2.43. The molecular formula is C19H17Cl2FN2O3. The van der Waals surface area contributed by atoms with E-state index in [-0.39, 0.29) is 17.6 Å². The second kappa shape index (κ2) is 8.15. The molecule has 0 spiro atoms. The fraction of sp³-hybridized carbons (Fsp3) is 0.263. The van der Waals surface area contributed by atoms with Crippen LogP contribution in [0, 0.1) is 5.82 Å². The van der Waals surface area contributed by atoms with Crippen molar-refractivity contribution >= 4 is 40.7 Å². The van der Waals surface area contributed by atoms with Crippen molar-refractivity contribution in [2.75, 3.05) is 19.0 Å². The lowest BCUT2D eigenvalue weighted by molar-refractivity contribution is -0.119. The van der Waals surface area contributed by atoms with Gasteiger partial charge >= 0.3 is 0 Å². The van der Waals surface area contributed by atoms with Gasteiger partial charge in [0.05, 0.1) is 7.11 Å². The Bertz CT molecular complexity index is 871. The molecule has 1 heterocycles. The summed E-state index contributed by atoms with van der Waals surface area (Å²) in [7, 11) is 1.36. The third-order valence-corrected chi connectivity index (χ3v) is 4.78. The highest BCUT2D eigenvalue weighted by Crippen LogP contribution is 2.26. The third kappa shape index (κ3) is 4.34. The van der Waals surface area contributed by atoms with Gasteiger partial charge in [-0.25, -0.2) is 4.39 Å². The Labute approximate surface area is 166 Å². The van der Waals surface area contributed by atoms with Gasteiger partial charge in [0.2, 0.25) is 5.91 Å². The summed E-state index contributed by atoms with van der Waals surface area (Å²) in [5.74, 6) is -1.19. The minimum atomic E-state index is -0.652. The molecule has 0 bridgehead atoms. The van der Waals surface area contributed by atoms with Crippen LogP contribution < -0.4 is 10.1 Å². The van der Waals surface area contributed by atoms with E-state index in [1.807, 2.05) is 0 Å². The monoisotopic (exact) mass is 410 g/mol. The first-order valence-corrected chi connectivity index (χ1v) is 9.06. The number of carbonyl (C=O) groups is 2. The average Bonchev–Trinajstić information content (AvgIpc) is 3.10. The van der Waals surface area contributed by atoms with Gasteiger partial charge in [0.25, 0.3) is 5.91 Å². The zero-order valence-electron chi connectivity index (χ0n) is 14.5. The van der Waals surface area contributed by atoms with Crippen molar-refractivity contribution in [2.45, 2.75) is 18.9 Å². The van der Waals surface area contributed by atoms with Gasteiger partial charge in [-0.2, -0.15) is 0 Å². The SMILES string of the molecule is COc1ccc(NC(=O)C2CCCN2C(=O)c2cc(Cl)cc(Cl)c2)cc1F. The molecule has 1 aliphatic rings. The summed E-state index contributed by atoms with van der Waals surface area (Å²) in [6.07, 6.45) is 1.21. The third-order valence-electron chi connectivity index (χ3n) is 4.35. The number of nitrogens with zero attached hydrogens (tertiary/aromatic N) is 1. The lowest BCUT2D eigenvalue weighted by atomic mass is 10.1. The minimum Gasteiger partial charge on any atom is -0.494 e. The molecule has 1 fully saturated rings. The van der Waals surface area contributed by atoms with Gasteiger partial charge in [-0.1, -0.05) is 23.2 Å². The van der Waals surface area contributed by atoms with Crippen LogP contribution in [0.5, 0.6) is 5.75 Å². The van der Waals surface area contributed by atoms with Crippen molar-refractivity contribution in [3.63, 3.8) is 0 Å². The Morgan fingerprint density at radius 3 is 2.52 bits per heavy atom. The largest absolute Gasteiger partial charge is 0.494 e. The number of ether oxygens (including phenoxy) is 1. The van der Waals surface area contributed by atoms with E-state index >= 15 is 0 Å². The van der Waals surface area contributed by atoms with Gasteiger partial charge in [-0.15, -0.1) is 0 Å². The number of nitrogens with one attached hydrogen (secondary N) is 1. The van der Waals surface area contributed by atoms with E-state index in [1.165, 1.54) is 48.4 Å². The lowest BCUT2D eigenvalue weighted by Gasteiger charge is -2.24. The molecule has 8 heteroatoms. The van der Waals surface area contributed by atoms with E-state index in [1.54, 1.807) is 0 Å². The number of hydrogen-bond acceptors (Lipinski definition) is 3. The smallest absolute Gasteiger partial charge is 0.254 e. The van der Waals surface area contributed by atoms with Crippen LogP contribution in [0.2, 0.25) is 10.0 Å². The molecule has 0 aliphatic carbocycles. The molecule has 0 saturated carbocycles. The second-order valence-corrected chi connectivity index (χ2v) is 7.03. The summed E-state index contributed by atoms with van der Waals surface area (Å²) >= 11 is 11.9. The average molecular weight is 411 g/mol. The Morgan fingerprint density at radius 1 is 1.19 bits per heavy atom. The fourth-order valence-corrected chi connectivity index (χ4v) is 3.62. The maximum absolute atomic E-state index is 13.8. The van der Waals surface area contributed by atoms with Crippen LogP contribution in [0.1, 0.15) is 23.2 Å². The zero-order chi connectivity index (χ0) is 19.6. The summed E-state index contributed by atoms with van der Waals surface area (Å²) in [6.45, 7) is 0.442. The number of carbonyl (C=O) groups excluding carboxylic acids is 2. The Balaban J connectivity index is 1.76. The molecule has 2 aromatic rings. The zero-order valence-corrected chi connectivity index (χ0v) is 16.0. The molecule has 142 valence electrons. The number of methoxy groups -OCH3 is 1. The summed E-state index contributed by atoms with van der Waals surface area (Å²) < 4.78 is 18.7.